The summed E-state index contributed by atoms with van der Waals surface area (Å²) in [4.78, 5) is 48.5. The van der Waals surface area contributed by atoms with Crippen molar-refractivity contribution in [2.75, 3.05) is 23.8 Å². The monoisotopic (exact) mass is 466 g/mol. The van der Waals surface area contributed by atoms with E-state index < -0.39 is 24.5 Å². The van der Waals surface area contributed by atoms with Crippen molar-refractivity contribution in [1.82, 2.24) is 0 Å². The van der Waals surface area contributed by atoms with E-state index >= 15 is 0 Å². The molecule has 0 aliphatic rings. The molecular weight excluding hydrogens is 444 g/mol. The summed E-state index contributed by atoms with van der Waals surface area (Å²) in [5, 5.41) is 7.27. The molecule has 33 heavy (non-hydrogen) atoms. The Morgan fingerprint density at radius 3 is 2.36 bits per heavy atom. The van der Waals surface area contributed by atoms with Crippen LogP contribution in [0.15, 0.2) is 60.0 Å². The first-order chi connectivity index (χ1) is 15.9. The van der Waals surface area contributed by atoms with Crippen molar-refractivity contribution in [3.63, 3.8) is 0 Å². The summed E-state index contributed by atoms with van der Waals surface area (Å²) in [6, 6.07) is 15.4. The predicted molar refractivity (Wildman–Crippen MR) is 125 cm³/mol. The van der Waals surface area contributed by atoms with E-state index in [0.717, 1.165) is 5.56 Å². The summed E-state index contributed by atoms with van der Waals surface area (Å²) in [5.41, 5.74) is 2.32. The Labute approximate surface area is 194 Å². The molecule has 170 valence electrons. The smallest absolute Gasteiger partial charge is 0.341 e. The average Bonchev–Trinajstić information content (AvgIpc) is 3.21. The molecular formula is C24H22N2O6S. The van der Waals surface area contributed by atoms with Crippen LogP contribution in [0, 0.1) is 0 Å². The van der Waals surface area contributed by atoms with Crippen LogP contribution in [0.3, 0.4) is 0 Å². The Hall–Kier alpha value is -3.98. The maximum absolute atomic E-state index is 12.6. The van der Waals surface area contributed by atoms with Gasteiger partial charge in [0, 0.05) is 23.6 Å². The van der Waals surface area contributed by atoms with Gasteiger partial charge in [-0.15, -0.1) is 11.3 Å². The van der Waals surface area contributed by atoms with Gasteiger partial charge in [-0.1, -0.05) is 36.4 Å². The van der Waals surface area contributed by atoms with E-state index in [-0.39, 0.29) is 23.6 Å². The fourth-order valence-electron chi connectivity index (χ4n) is 2.99. The van der Waals surface area contributed by atoms with Crippen LogP contribution in [0.25, 0.3) is 11.1 Å². The summed E-state index contributed by atoms with van der Waals surface area (Å²) in [5.74, 6) is -2.16. The molecule has 1 aromatic heterocycles. The first kappa shape index (κ1) is 23.7. The van der Waals surface area contributed by atoms with Crippen LogP contribution < -0.4 is 10.6 Å². The van der Waals surface area contributed by atoms with Crippen molar-refractivity contribution in [2.24, 2.45) is 0 Å². The molecule has 0 fully saturated rings. The molecule has 9 heteroatoms. The molecule has 3 rings (SSSR count). The maximum atomic E-state index is 12.6. The highest BCUT2D eigenvalue weighted by atomic mass is 32.1. The third kappa shape index (κ3) is 6.27. The van der Waals surface area contributed by atoms with Gasteiger partial charge in [-0.25, -0.2) is 9.59 Å². The van der Waals surface area contributed by atoms with Crippen molar-refractivity contribution < 1.29 is 28.7 Å². The number of carbonyl (C=O) groups excluding carboxylic acids is 4. The number of ether oxygens (including phenoxy) is 2. The van der Waals surface area contributed by atoms with Gasteiger partial charge in [0.1, 0.15) is 10.6 Å². The number of rotatable bonds is 8. The van der Waals surface area contributed by atoms with E-state index in [0.29, 0.717) is 16.3 Å². The van der Waals surface area contributed by atoms with Gasteiger partial charge >= 0.3 is 11.9 Å². The molecule has 2 amide bonds. The molecule has 0 radical (unpaired) electrons. The largest absolute Gasteiger partial charge is 0.462 e. The number of amides is 2. The van der Waals surface area contributed by atoms with Crippen LogP contribution in [-0.2, 0) is 19.1 Å². The normalized spacial score (nSPS) is 10.2. The van der Waals surface area contributed by atoms with Crippen molar-refractivity contribution in [1.29, 1.82) is 0 Å². The second-order valence-electron chi connectivity index (χ2n) is 6.83. The molecule has 2 N–H and O–H groups in total. The fraction of sp³-hybridized carbons (Fsp3) is 0.167. The molecule has 0 saturated carbocycles. The minimum Gasteiger partial charge on any atom is -0.462 e. The topological polar surface area (TPSA) is 111 Å². The van der Waals surface area contributed by atoms with E-state index in [1.165, 1.54) is 30.4 Å². The zero-order chi connectivity index (χ0) is 23.8. The zero-order valence-electron chi connectivity index (χ0n) is 18.0. The van der Waals surface area contributed by atoms with Crippen LogP contribution in [0.4, 0.5) is 10.7 Å². The first-order valence-corrected chi connectivity index (χ1v) is 11.0. The summed E-state index contributed by atoms with van der Waals surface area (Å²) < 4.78 is 10.3. The quantitative estimate of drug-likeness (QED) is 0.478. The summed E-state index contributed by atoms with van der Waals surface area (Å²) in [6.45, 7) is 2.69. The highest BCUT2D eigenvalue weighted by molar-refractivity contribution is 7.15. The van der Waals surface area contributed by atoms with Crippen molar-refractivity contribution in [3.8, 4) is 11.1 Å². The van der Waals surface area contributed by atoms with Gasteiger partial charge in [0.2, 0.25) is 5.91 Å². The minimum absolute atomic E-state index is 0.184. The van der Waals surface area contributed by atoms with Crippen LogP contribution in [-0.4, -0.2) is 37.0 Å². The van der Waals surface area contributed by atoms with E-state index in [9.17, 15) is 19.2 Å². The van der Waals surface area contributed by atoms with Gasteiger partial charge < -0.3 is 20.1 Å². The van der Waals surface area contributed by atoms with E-state index in [4.69, 9.17) is 9.47 Å². The minimum atomic E-state index is -0.723. The van der Waals surface area contributed by atoms with Crippen molar-refractivity contribution >= 4 is 45.8 Å². The van der Waals surface area contributed by atoms with Gasteiger partial charge in [0.05, 0.1) is 12.2 Å². The predicted octanol–water partition coefficient (Wildman–Crippen LogP) is 4.35. The molecule has 0 bridgehead atoms. The molecule has 3 aromatic rings. The van der Waals surface area contributed by atoms with E-state index in [1.807, 2.05) is 30.3 Å². The number of nitrogens with one attached hydrogen (secondary N) is 2. The average molecular weight is 467 g/mol. The van der Waals surface area contributed by atoms with Gasteiger partial charge in [-0.3, -0.25) is 9.59 Å². The number of hydrogen-bond acceptors (Lipinski definition) is 7. The Morgan fingerprint density at radius 2 is 1.67 bits per heavy atom. The molecule has 8 nitrogen and oxygen atoms in total. The summed E-state index contributed by atoms with van der Waals surface area (Å²) in [7, 11) is 0. The third-order valence-electron chi connectivity index (χ3n) is 4.36. The van der Waals surface area contributed by atoms with Crippen molar-refractivity contribution in [2.45, 2.75) is 13.8 Å². The second kappa shape index (κ2) is 11.1. The van der Waals surface area contributed by atoms with Gasteiger partial charge in [0.25, 0.3) is 5.91 Å². The number of carbonyl (C=O) groups is 4. The lowest BCUT2D eigenvalue weighted by Crippen LogP contribution is -2.22. The van der Waals surface area contributed by atoms with Gasteiger partial charge in [0.15, 0.2) is 6.61 Å². The fourth-order valence-corrected chi connectivity index (χ4v) is 3.96. The SMILES string of the molecule is CCOC(=O)c1c(-c2ccccc2)csc1NC(=O)COC(=O)c1cccc(NC(C)=O)c1. The van der Waals surface area contributed by atoms with Gasteiger partial charge in [-0.2, -0.15) is 0 Å². The van der Waals surface area contributed by atoms with E-state index in [1.54, 1.807) is 24.4 Å². The third-order valence-corrected chi connectivity index (χ3v) is 5.26. The number of benzene rings is 2. The van der Waals surface area contributed by atoms with Crippen LogP contribution >= 0.6 is 11.3 Å². The number of thiophene rings is 1. The second-order valence-corrected chi connectivity index (χ2v) is 7.71. The Bertz CT molecular complexity index is 1170. The number of hydrogen-bond donors (Lipinski definition) is 2. The standard InChI is InChI=1S/C24H22N2O6S/c1-3-31-24(30)21-19(16-8-5-4-6-9-16)14-33-22(21)26-20(28)13-32-23(29)17-10-7-11-18(12-17)25-15(2)27/h4-12,14H,3,13H2,1-2H3,(H,25,27)(H,26,28). The highest BCUT2D eigenvalue weighted by Crippen LogP contribution is 2.36. The lowest BCUT2D eigenvalue weighted by Gasteiger charge is -2.10. The Balaban J connectivity index is 1.70. The Morgan fingerprint density at radius 1 is 0.909 bits per heavy atom. The zero-order valence-corrected chi connectivity index (χ0v) is 18.9. The lowest BCUT2D eigenvalue weighted by atomic mass is 10.0. The summed E-state index contributed by atoms with van der Waals surface area (Å²) in [6.07, 6.45) is 0. The Kier molecular flexibility index (Phi) is 7.93. The van der Waals surface area contributed by atoms with Gasteiger partial charge in [-0.05, 0) is 30.7 Å². The van der Waals surface area contributed by atoms with Crippen LogP contribution in [0.5, 0.6) is 0 Å². The molecule has 2 aromatic carbocycles. The molecule has 1 heterocycles. The molecule has 0 aliphatic carbocycles. The first-order valence-electron chi connectivity index (χ1n) is 10.1. The van der Waals surface area contributed by atoms with Crippen molar-refractivity contribution in [3.05, 3.63) is 71.1 Å². The lowest BCUT2D eigenvalue weighted by molar-refractivity contribution is -0.119. The molecule has 0 saturated heterocycles. The van der Waals surface area contributed by atoms with Crippen LogP contribution in [0.1, 0.15) is 34.6 Å². The molecule has 0 unspecified atom stereocenters. The molecule has 0 atom stereocenters. The number of esters is 2. The molecule has 0 aliphatic heterocycles. The number of anilines is 2. The summed E-state index contributed by atoms with van der Waals surface area (Å²) >= 11 is 1.18. The maximum Gasteiger partial charge on any atom is 0.341 e. The van der Waals surface area contributed by atoms with E-state index in [2.05, 4.69) is 10.6 Å². The molecule has 0 spiro atoms. The highest BCUT2D eigenvalue weighted by Gasteiger charge is 2.23. The van der Waals surface area contributed by atoms with Crippen LogP contribution in [0.2, 0.25) is 0 Å².